The molecule has 14 rings (SSSR count). The molecule has 10 aromatic rings. The highest BCUT2D eigenvalue weighted by atomic mass is 15.1. The molecule has 4 aliphatic rings. The molecule has 0 heterocycles. The molecule has 0 atom stereocenters. The van der Waals surface area contributed by atoms with Gasteiger partial charge in [0, 0.05) is 22.4 Å². The Balaban J connectivity index is 1.12. The number of hydrogen-bond donors (Lipinski definition) is 0. The van der Waals surface area contributed by atoms with E-state index in [2.05, 4.69) is 152 Å². The molecular weight excluding hydrogens is 795 g/mol. The summed E-state index contributed by atoms with van der Waals surface area (Å²) in [5.74, 6) is 0. The van der Waals surface area contributed by atoms with E-state index in [0.717, 1.165) is 44.8 Å². The highest BCUT2D eigenvalue weighted by Gasteiger charge is 2.53. The van der Waals surface area contributed by atoms with Crippen LogP contribution in [0.25, 0.3) is 44.5 Å². The molecule has 0 saturated heterocycles. The van der Waals surface area contributed by atoms with Gasteiger partial charge >= 0.3 is 0 Å². The van der Waals surface area contributed by atoms with Crippen LogP contribution in [0.4, 0.5) is 17.1 Å². The van der Waals surface area contributed by atoms with Crippen LogP contribution >= 0.6 is 0 Å². The molecule has 1 nitrogen and oxygen atoms in total. The fraction of sp³-hybridized carbons (Fsp3) is 0.0769. The lowest BCUT2D eigenvalue weighted by molar-refractivity contribution is 0.660. The van der Waals surface area contributed by atoms with Crippen molar-refractivity contribution < 1.29 is 13.7 Å². The summed E-state index contributed by atoms with van der Waals surface area (Å²) in [5.41, 5.74) is 14.8. The number of fused-ring (bicyclic) bond motifs is 16. The smallest absolute Gasteiger partial charge is 0.0726 e. The van der Waals surface area contributed by atoms with Crippen LogP contribution in [-0.4, -0.2) is 0 Å². The maximum Gasteiger partial charge on any atom is 0.0726 e. The molecule has 1 spiro atoms. The molecule has 0 aliphatic heterocycles. The Labute approximate surface area is 401 Å². The van der Waals surface area contributed by atoms with Crippen molar-refractivity contribution >= 4 is 17.1 Å². The van der Waals surface area contributed by atoms with Crippen molar-refractivity contribution in [3.05, 3.63) is 292 Å². The van der Waals surface area contributed by atoms with Crippen LogP contribution in [0.5, 0.6) is 0 Å². The van der Waals surface area contributed by atoms with Gasteiger partial charge < -0.3 is 4.90 Å². The molecule has 0 N–H and O–H groups in total. The van der Waals surface area contributed by atoms with Crippen molar-refractivity contribution in [1.82, 2.24) is 0 Å². The molecule has 310 valence electrons. The maximum atomic E-state index is 9.72. The van der Waals surface area contributed by atoms with Gasteiger partial charge in [0.2, 0.25) is 0 Å². The van der Waals surface area contributed by atoms with Crippen LogP contribution < -0.4 is 4.90 Å². The van der Waals surface area contributed by atoms with Crippen LogP contribution in [0.3, 0.4) is 0 Å². The summed E-state index contributed by atoms with van der Waals surface area (Å²) in [6, 6.07) is 55.2. The number of hydrogen-bond acceptors (Lipinski definition) is 1. The van der Waals surface area contributed by atoms with Gasteiger partial charge in [0.1, 0.15) is 0 Å². The van der Waals surface area contributed by atoms with Crippen LogP contribution in [0.1, 0.15) is 83.2 Å². The first-order valence-corrected chi connectivity index (χ1v) is 22.5. The van der Waals surface area contributed by atoms with Gasteiger partial charge in [0.05, 0.1) is 30.2 Å². The Bertz CT molecular complexity index is 4080. The summed E-state index contributed by atoms with van der Waals surface area (Å²) >= 11 is 0. The van der Waals surface area contributed by atoms with E-state index in [1.54, 1.807) is 12.1 Å². The second-order valence-electron chi connectivity index (χ2n) is 18.3. The average molecular weight is 850 g/mol. The SMILES string of the molecule is [2H]c1c([2H])c([2H])c(C2(c3c([2H])c([2H])c([2H])c([2H])c3[2H])c3ccccc3-c3ccc(N(c4ccc5c(c4)C(C)(C)c4ccccc4-5)c4cccc5c4-c4ccccc4C54c5ccccc5-c5ccccc54)cc32)c([2H])c1[2H]. The Morgan fingerprint density at radius 2 is 0.727 bits per heavy atom. The van der Waals surface area contributed by atoms with Crippen molar-refractivity contribution in [2.75, 3.05) is 4.90 Å². The van der Waals surface area contributed by atoms with Gasteiger partial charge in [-0.25, -0.2) is 0 Å². The summed E-state index contributed by atoms with van der Waals surface area (Å²) in [5, 5.41) is 0. The van der Waals surface area contributed by atoms with Crippen LogP contribution in [0, 0.1) is 0 Å². The van der Waals surface area contributed by atoms with Crippen LogP contribution in [0.15, 0.2) is 236 Å². The van der Waals surface area contributed by atoms with Gasteiger partial charge in [-0.05, 0) is 125 Å². The number of nitrogens with zero attached hydrogens (tertiary/aromatic N) is 1. The fourth-order valence-electron chi connectivity index (χ4n) is 12.5. The largest absolute Gasteiger partial charge is 0.310 e. The predicted octanol–water partition coefficient (Wildman–Crippen LogP) is 16.2. The first-order chi connectivity index (χ1) is 36.7. The minimum atomic E-state index is -2.03. The van der Waals surface area contributed by atoms with Crippen molar-refractivity contribution in [2.45, 2.75) is 30.1 Å². The van der Waals surface area contributed by atoms with Gasteiger partial charge in [0.15, 0.2) is 0 Å². The van der Waals surface area contributed by atoms with Gasteiger partial charge in [-0.15, -0.1) is 0 Å². The predicted molar refractivity (Wildman–Crippen MR) is 272 cm³/mol. The van der Waals surface area contributed by atoms with E-state index in [4.69, 9.17) is 8.22 Å². The average Bonchev–Trinajstić information content (AvgIpc) is 4.10. The third-order valence-electron chi connectivity index (χ3n) is 15.1. The summed E-state index contributed by atoms with van der Waals surface area (Å²) in [6.07, 6.45) is 0. The Morgan fingerprint density at radius 1 is 0.333 bits per heavy atom. The third-order valence-corrected chi connectivity index (χ3v) is 15.1. The van der Waals surface area contributed by atoms with Crippen molar-refractivity contribution in [3.63, 3.8) is 0 Å². The summed E-state index contributed by atoms with van der Waals surface area (Å²) in [4.78, 5) is 2.25. The molecule has 0 radical (unpaired) electrons. The zero-order valence-corrected chi connectivity index (χ0v) is 36.2. The standard InChI is InChI=1S/C65H45N/c1-63(2)53-29-14-9-24-46(53)50-38-36-44(40-59(50)63)66(45-37-39-51-49-27-10-15-30-54(49)64(60(51)41-45,42-20-5-3-6-21-42)43-22-7-4-8-23-43)61-35-19-34-58-62(61)52-28-13-18-33-57(52)65(58)55-31-16-11-25-47(55)48-26-12-17-32-56(48)65/h3-41H,1-2H3/i3D,4D,5D,6D,7D,8D,20D,21D,22D,23D. The highest BCUT2D eigenvalue weighted by molar-refractivity contribution is 6.02. The minimum Gasteiger partial charge on any atom is -0.310 e. The molecule has 0 aromatic heterocycles. The zero-order chi connectivity index (χ0) is 52.5. The third kappa shape index (κ3) is 4.64. The molecule has 0 saturated carbocycles. The maximum absolute atomic E-state index is 9.72. The molecule has 1 heteroatoms. The highest BCUT2D eigenvalue weighted by Crippen LogP contribution is 2.65. The van der Waals surface area contributed by atoms with Gasteiger partial charge in [0.25, 0.3) is 0 Å². The van der Waals surface area contributed by atoms with Gasteiger partial charge in [-0.1, -0.05) is 220 Å². The van der Waals surface area contributed by atoms with E-state index in [1.807, 2.05) is 30.3 Å². The second kappa shape index (κ2) is 13.5. The van der Waals surface area contributed by atoms with E-state index in [0.29, 0.717) is 27.9 Å². The lowest BCUT2D eigenvalue weighted by Crippen LogP contribution is -2.28. The van der Waals surface area contributed by atoms with E-state index < -0.39 is 71.3 Å². The van der Waals surface area contributed by atoms with Gasteiger partial charge in [-0.3, -0.25) is 0 Å². The molecule has 10 aromatic carbocycles. The van der Waals surface area contributed by atoms with Crippen molar-refractivity contribution in [2.24, 2.45) is 0 Å². The molecule has 0 amide bonds. The summed E-state index contributed by atoms with van der Waals surface area (Å²) < 4.78 is 92.7. The van der Waals surface area contributed by atoms with E-state index in [9.17, 15) is 5.48 Å². The summed E-state index contributed by atoms with van der Waals surface area (Å²) in [7, 11) is 0. The number of rotatable bonds is 5. The van der Waals surface area contributed by atoms with E-state index in [-0.39, 0.29) is 16.5 Å². The van der Waals surface area contributed by atoms with Crippen LogP contribution in [-0.2, 0) is 16.2 Å². The zero-order valence-electron chi connectivity index (χ0n) is 46.2. The fourth-order valence-corrected chi connectivity index (χ4v) is 12.5. The van der Waals surface area contributed by atoms with Crippen molar-refractivity contribution in [3.8, 4) is 44.5 Å². The van der Waals surface area contributed by atoms with Crippen molar-refractivity contribution in [1.29, 1.82) is 0 Å². The van der Waals surface area contributed by atoms with E-state index >= 15 is 0 Å². The molecule has 0 bridgehead atoms. The first kappa shape index (κ1) is 28.7. The minimum absolute atomic E-state index is 0.209. The normalized spacial score (nSPS) is 17.3. The second-order valence-corrected chi connectivity index (χ2v) is 18.3. The quantitative estimate of drug-likeness (QED) is 0.167. The Kier molecular flexibility index (Phi) is 5.88. The summed E-state index contributed by atoms with van der Waals surface area (Å²) in [6.45, 7) is 4.50. The molecular formula is C65H45N. The number of anilines is 3. The van der Waals surface area contributed by atoms with E-state index in [1.165, 1.54) is 33.4 Å². The lowest BCUT2D eigenvalue weighted by atomic mass is 9.67. The topological polar surface area (TPSA) is 3.24 Å². The molecule has 0 fully saturated rings. The Morgan fingerprint density at radius 3 is 1.27 bits per heavy atom. The van der Waals surface area contributed by atoms with Gasteiger partial charge in [-0.2, -0.15) is 0 Å². The monoisotopic (exact) mass is 849 g/mol. The number of benzene rings is 10. The molecule has 4 aliphatic carbocycles. The van der Waals surface area contributed by atoms with Crippen LogP contribution in [0.2, 0.25) is 0 Å². The Hall–Kier alpha value is -8.00. The lowest BCUT2D eigenvalue weighted by Gasteiger charge is -2.35. The molecule has 66 heavy (non-hydrogen) atoms. The molecule has 0 unspecified atom stereocenters. The first-order valence-electron chi connectivity index (χ1n) is 27.5.